The van der Waals surface area contributed by atoms with Crippen LogP contribution in [-0.2, 0) is 11.2 Å². The van der Waals surface area contributed by atoms with Crippen LogP contribution in [-0.4, -0.2) is 70.3 Å². The second-order valence-corrected chi connectivity index (χ2v) is 12.8. The summed E-state index contributed by atoms with van der Waals surface area (Å²) in [5.74, 6) is -0.428. The zero-order valence-corrected chi connectivity index (χ0v) is 23.8. The molecule has 10 nitrogen and oxygen atoms in total. The summed E-state index contributed by atoms with van der Waals surface area (Å²) in [6, 6.07) is 3.24. The number of carbonyl (C=O) groups excluding carboxylic acids is 2. The topological polar surface area (TPSA) is 123 Å². The SMILES string of the molecule is Cc1ccc2c(N)c(C(=O)N[C@H]3COc4c(cnc(N5CC6CCC(C5)N6C(=O)OC(C)(C)C)c4F)C3)sc2n1. The Hall–Kier alpha value is -3.67. The summed E-state index contributed by atoms with van der Waals surface area (Å²) in [7, 11) is 0. The van der Waals surface area contributed by atoms with E-state index in [1.54, 1.807) is 6.20 Å². The average molecular weight is 569 g/mol. The molecule has 2 saturated heterocycles. The van der Waals surface area contributed by atoms with Gasteiger partial charge < -0.3 is 25.4 Å². The van der Waals surface area contributed by atoms with E-state index in [9.17, 15) is 9.59 Å². The van der Waals surface area contributed by atoms with Crippen LogP contribution in [0.15, 0.2) is 18.3 Å². The maximum atomic E-state index is 15.7. The fourth-order valence-electron chi connectivity index (χ4n) is 5.82. The molecule has 12 heteroatoms. The number of hydrogen-bond acceptors (Lipinski definition) is 9. The van der Waals surface area contributed by atoms with E-state index in [1.807, 2.05) is 49.6 Å². The van der Waals surface area contributed by atoms with Crippen molar-refractivity contribution in [2.45, 2.75) is 70.7 Å². The molecule has 0 saturated carbocycles. The standard InChI is InChI=1S/C28H33FN6O4S/c1-14-5-8-19-21(30)23(40-26(19)32-14)25(36)33-16-9-15-10-31-24(20(29)22(15)38-13-16)34-11-17-6-7-18(12-34)35(17)27(37)39-28(2,3)4/h5,8,10,16-18H,6-7,9,11-13,30H2,1-4H3,(H,33,36)/t16-,17?,18?/m1/s1. The lowest BCUT2D eigenvalue weighted by Crippen LogP contribution is -2.57. The minimum absolute atomic E-state index is 0.0632. The Morgan fingerprint density at radius 2 is 1.95 bits per heavy atom. The quantitative estimate of drug-likeness (QED) is 0.485. The van der Waals surface area contributed by atoms with Crippen molar-refractivity contribution in [1.82, 2.24) is 20.2 Å². The van der Waals surface area contributed by atoms with E-state index in [1.165, 1.54) is 11.3 Å². The fourth-order valence-corrected chi connectivity index (χ4v) is 6.86. The third-order valence-corrected chi connectivity index (χ3v) is 8.70. The van der Waals surface area contributed by atoms with Crippen molar-refractivity contribution < 1.29 is 23.5 Å². The molecule has 212 valence electrons. The van der Waals surface area contributed by atoms with E-state index in [4.69, 9.17) is 15.2 Å². The molecule has 2 fully saturated rings. The predicted molar refractivity (Wildman–Crippen MR) is 151 cm³/mol. The number of nitrogens with zero attached hydrogens (tertiary/aromatic N) is 4. The number of rotatable bonds is 3. The molecule has 2 amide bonds. The first-order chi connectivity index (χ1) is 19.0. The molecule has 0 spiro atoms. The highest BCUT2D eigenvalue weighted by molar-refractivity contribution is 7.21. The second kappa shape index (κ2) is 9.76. The second-order valence-electron chi connectivity index (χ2n) is 11.8. The van der Waals surface area contributed by atoms with Crippen LogP contribution in [0.2, 0.25) is 0 Å². The number of hydrogen-bond donors (Lipinski definition) is 2. The summed E-state index contributed by atoms with van der Waals surface area (Å²) in [4.78, 5) is 39.6. The summed E-state index contributed by atoms with van der Waals surface area (Å²) in [5.41, 5.74) is 7.51. The van der Waals surface area contributed by atoms with Gasteiger partial charge in [0, 0.05) is 42.4 Å². The molecule has 0 aliphatic carbocycles. The molecule has 3 aromatic rings. The number of nitrogen functional groups attached to an aromatic ring is 1. The van der Waals surface area contributed by atoms with Gasteiger partial charge in [0.2, 0.25) is 5.82 Å². The number of aryl methyl sites for hydroxylation is 1. The maximum absolute atomic E-state index is 15.7. The third-order valence-electron chi connectivity index (χ3n) is 7.59. The molecule has 6 heterocycles. The van der Waals surface area contributed by atoms with Crippen LogP contribution in [0.3, 0.4) is 0 Å². The number of aromatic nitrogens is 2. The molecular formula is C28H33FN6O4S. The molecule has 6 rings (SSSR count). The van der Waals surface area contributed by atoms with Gasteiger partial charge >= 0.3 is 6.09 Å². The highest BCUT2D eigenvalue weighted by Crippen LogP contribution is 2.38. The van der Waals surface area contributed by atoms with E-state index in [0.29, 0.717) is 40.5 Å². The van der Waals surface area contributed by atoms with Gasteiger partial charge in [-0.1, -0.05) is 0 Å². The van der Waals surface area contributed by atoms with E-state index in [-0.39, 0.29) is 48.3 Å². The highest BCUT2D eigenvalue weighted by Gasteiger charge is 2.45. The Kier molecular flexibility index (Phi) is 6.47. The number of amides is 2. The summed E-state index contributed by atoms with van der Waals surface area (Å²) >= 11 is 1.25. The van der Waals surface area contributed by atoms with Crippen molar-refractivity contribution in [3.8, 4) is 5.75 Å². The number of thiophene rings is 1. The van der Waals surface area contributed by atoms with Crippen molar-refractivity contribution in [2.24, 2.45) is 0 Å². The van der Waals surface area contributed by atoms with Gasteiger partial charge in [-0.3, -0.25) is 9.69 Å². The number of anilines is 2. The van der Waals surface area contributed by atoms with Gasteiger partial charge in [-0.15, -0.1) is 11.3 Å². The Morgan fingerprint density at radius 1 is 1.23 bits per heavy atom. The van der Waals surface area contributed by atoms with Crippen LogP contribution >= 0.6 is 11.3 Å². The van der Waals surface area contributed by atoms with E-state index < -0.39 is 11.4 Å². The number of halogens is 1. The Balaban J connectivity index is 1.14. The summed E-state index contributed by atoms with van der Waals surface area (Å²) in [6.07, 6.45) is 3.36. The minimum atomic E-state index is -0.574. The molecule has 3 atom stereocenters. The number of nitrogens with two attached hydrogens (primary N) is 1. The van der Waals surface area contributed by atoms with Gasteiger partial charge in [0.25, 0.3) is 5.91 Å². The van der Waals surface area contributed by atoms with Gasteiger partial charge in [0.1, 0.15) is 21.9 Å². The molecule has 2 unspecified atom stereocenters. The molecule has 40 heavy (non-hydrogen) atoms. The molecule has 0 aromatic carbocycles. The van der Waals surface area contributed by atoms with Crippen molar-refractivity contribution in [3.05, 3.63) is 40.3 Å². The van der Waals surface area contributed by atoms with Crippen LogP contribution in [0.5, 0.6) is 5.75 Å². The number of carbonyl (C=O) groups is 2. The number of ether oxygens (including phenoxy) is 2. The van der Waals surface area contributed by atoms with Gasteiger partial charge in [0.15, 0.2) is 11.6 Å². The van der Waals surface area contributed by atoms with Crippen LogP contribution in [0.25, 0.3) is 10.2 Å². The first-order valence-electron chi connectivity index (χ1n) is 13.5. The largest absolute Gasteiger partial charge is 0.488 e. The maximum Gasteiger partial charge on any atom is 0.410 e. The lowest BCUT2D eigenvalue weighted by Gasteiger charge is -2.42. The van der Waals surface area contributed by atoms with Gasteiger partial charge in [-0.05, 0) is 52.7 Å². The van der Waals surface area contributed by atoms with Crippen LogP contribution in [0.1, 0.15) is 54.5 Å². The minimum Gasteiger partial charge on any atom is -0.488 e. The van der Waals surface area contributed by atoms with Crippen LogP contribution in [0.4, 0.5) is 20.7 Å². The first kappa shape index (κ1) is 26.5. The monoisotopic (exact) mass is 568 g/mol. The molecular weight excluding hydrogens is 535 g/mol. The highest BCUT2D eigenvalue weighted by atomic mass is 32.1. The van der Waals surface area contributed by atoms with Crippen molar-refractivity contribution in [1.29, 1.82) is 0 Å². The normalized spacial score (nSPS) is 22.2. The Labute approximate surface area is 235 Å². The number of fused-ring (bicyclic) bond motifs is 4. The lowest BCUT2D eigenvalue weighted by atomic mass is 10.0. The van der Waals surface area contributed by atoms with Crippen molar-refractivity contribution in [3.63, 3.8) is 0 Å². The summed E-state index contributed by atoms with van der Waals surface area (Å²) < 4.78 is 27.2. The van der Waals surface area contributed by atoms with Gasteiger partial charge in [-0.2, -0.15) is 4.39 Å². The molecule has 3 aliphatic rings. The zero-order chi connectivity index (χ0) is 28.3. The molecule has 3 N–H and O–H groups in total. The average Bonchev–Trinajstić information content (AvgIpc) is 3.35. The van der Waals surface area contributed by atoms with E-state index in [0.717, 1.165) is 23.9 Å². The van der Waals surface area contributed by atoms with Crippen LogP contribution < -0.4 is 20.7 Å². The van der Waals surface area contributed by atoms with Gasteiger partial charge in [-0.25, -0.2) is 14.8 Å². The third kappa shape index (κ3) is 4.78. The Bertz CT molecular complexity index is 1490. The number of piperazine rings is 1. The first-order valence-corrected chi connectivity index (χ1v) is 14.3. The van der Waals surface area contributed by atoms with Crippen LogP contribution in [0, 0.1) is 12.7 Å². The smallest absolute Gasteiger partial charge is 0.410 e. The van der Waals surface area contributed by atoms with Crippen molar-refractivity contribution in [2.75, 3.05) is 30.3 Å². The molecule has 3 aromatic heterocycles. The predicted octanol–water partition coefficient (Wildman–Crippen LogP) is 4.04. The van der Waals surface area contributed by atoms with E-state index >= 15 is 4.39 Å². The molecule has 3 aliphatic heterocycles. The Morgan fingerprint density at radius 3 is 2.65 bits per heavy atom. The molecule has 2 bridgehead atoms. The molecule has 0 radical (unpaired) electrons. The number of pyridine rings is 2. The lowest BCUT2D eigenvalue weighted by molar-refractivity contribution is 0.0122. The fraction of sp³-hybridized carbons (Fsp3) is 0.500. The number of nitrogens with one attached hydrogen (secondary N) is 1. The zero-order valence-electron chi connectivity index (χ0n) is 23.0. The van der Waals surface area contributed by atoms with Crippen molar-refractivity contribution >= 4 is 45.1 Å². The van der Waals surface area contributed by atoms with Gasteiger partial charge in [0.05, 0.1) is 23.8 Å². The summed E-state index contributed by atoms with van der Waals surface area (Å²) in [5, 5.41) is 3.72. The van der Waals surface area contributed by atoms with E-state index in [2.05, 4.69) is 15.3 Å². The summed E-state index contributed by atoms with van der Waals surface area (Å²) in [6.45, 7) is 8.51.